The Balaban J connectivity index is 1.35. The summed E-state index contributed by atoms with van der Waals surface area (Å²) in [6, 6.07) is 13.2. The minimum absolute atomic E-state index is 0.0525. The predicted octanol–water partition coefficient (Wildman–Crippen LogP) is 4.59. The van der Waals surface area contributed by atoms with Crippen LogP contribution in [-0.4, -0.2) is 53.6 Å². The van der Waals surface area contributed by atoms with Crippen LogP contribution in [0.3, 0.4) is 0 Å². The smallest absolute Gasteiger partial charge is 0.221 e. The van der Waals surface area contributed by atoms with Gasteiger partial charge in [-0.05, 0) is 78.2 Å². The molecule has 1 aromatic carbocycles. The molecule has 6 nitrogen and oxygen atoms in total. The number of aromatic nitrogens is 1. The predicted molar refractivity (Wildman–Crippen MR) is 131 cm³/mol. The van der Waals surface area contributed by atoms with Gasteiger partial charge in [-0.15, -0.1) is 0 Å². The minimum Gasteiger partial charge on any atom is -0.508 e. The zero-order valence-electron chi connectivity index (χ0n) is 18.2. The van der Waals surface area contributed by atoms with Crippen LogP contribution in [0.25, 0.3) is 22.4 Å². The zero-order valence-corrected chi connectivity index (χ0v) is 19.0. The standard InChI is InChI=1S/C25H30N4O2S/c30-22-6-4-5-19(15-22)23-16-21(20-8-14-32-18-20)17-24(28-23)26-9-7-25(31)27-10-13-29-11-2-1-3-12-29/h4-6,8,14-18,30H,1-3,7,9-13H2,(H,26,28)(H,27,31). The number of piperidine rings is 1. The van der Waals surface area contributed by atoms with Crippen LogP contribution in [-0.2, 0) is 4.79 Å². The van der Waals surface area contributed by atoms with Gasteiger partial charge in [0.05, 0.1) is 5.69 Å². The third-order valence-electron chi connectivity index (χ3n) is 5.68. The average Bonchev–Trinajstić information content (AvgIpc) is 3.35. The highest BCUT2D eigenvalue weighted by Gasteiger charge is 2.11. The van der Waals surface area contributed by atoms with Gasteiger partial charge < -0.3 is 20.6 Å². The number of rotatable bonds is 9. The van der Waals surface area contributed by atoms with Crippen LogP contribution >= 0.6 is 11.3 Å². The fraction of sp³-hybridized carbons (Fsp3) is 0.360. The number of anilines is 1. The number of hydrogen-bond donors (Lipinski definition) is 3. The Morgan fingerprint density at radius 3 is 2.69 bits per heavy atom. The Kier molecular flexibility index (Phi) is 7.74. The molecule has 1 saturated heterocycles. The quantitative estimate of drug-likeness (QED) is 0.445. The molecule has 0 radical (unpaired) electrons. The van der Waals surface area contributed by atoms with E-state index in [-0.39, 0.29) is 11.7 Å². The molecule has 1 aliphatic heterocycles. The van der Waals surface area contributed by atoms with E-state index in [1.54, 1.807) is 23.5 Å². The maximum Gasteiger partial charge on any atom is 0.221 e. The number of phenolic OH excluding ortho intramolecular Hbond substituents is 1. The lowest BCUT2D eigenvalue weighted by Gasteiger charge is -2.26. The highest BCUT2D eigenvalue weighted by atomic mass is 32.1. The lowest BCUT2D eigenvalue weighted by molar-refractivity contribution is -0.120. The average molecular weight is 451 g/mol. The molecule has 0 aliphatic carbocycles. The third-order valence-corrected chi connectivity index (χ3v) is 6.36. The summed E-state index contributed by atoms with van der Waals surface area (Å²) < 4.78 is 0. The van der Waals surface area contributed by atoms with E-state index >= 15 is 0 Å². The fourth-order valence-corrected chi connectivity index (χ4v) is 4.62. The second kappa shape index (κ2) is 11.1. The van der Waals surface area contributed by atoms with Crippen molar-refractivity contribution in [2.24, 2.45) is 0 Å². The number of carbonyl (C=O) groups is 1. The van der Waals surface area contributed by atoms with Gasteiger partial charge in [-0.25, -0.2) is 4.98 Å². The monoisotopic (exact) mass is 450 g/mol. The van der Waals surface area contributed by atoms with Gasteiger partial charge >= 0.3 is 0 Å². The number of thiophene rings is 1. The number of hydrogen-bond acceptors (Lipinski definition) is 6. The van der Waals surface area contributed by atoms with Gasteiger partial charge in [0.2, 0.25) is 5.91 Å². The molecule has 0 unspecified atom stereocenters. The summed E-state index contributed by atoms with van der Waals surface area (Å²) in [6.45, 7) is 4.42. The van der Waals surface area contributed by atoms with E-state index in [4.69, 9.17) is 4.98 Å². The maximum absolute atomic E-state index is 12.2. The molecular weight excluding hydrogens is 420 g/mol. The third kappa shape index (κ3) is 6.31. The molecular formula is C25H30N4O2S. The molecule has 1 aliphatic rings. The molecule has 0 atom stereocenters. The van der Waals surface area contributed by atoms with Crippen molar-refractivity contribution in [1.29, 1.82) is 0 Å². The molecule has 32 heavy (non-hydrogen) atoms. The SMILES string of the molecule is O=C(CCNc1cc(-c2ccsc2)cc(-c2cccc(O)c2)n1)NCCN1CCCCC1. The van der Waals surface area contributed by atoms with Gasteiger partial charge in [-0.2, -0.15) is 11.3 Å². The minimum atomic E-state index is 0.0525. The molecule has 0 bridgehead atoms. The van der Waals surface area contributed by atoms with Crippen molar-refractivity contribution < 1.29 is 9.90 Å². The first-order valence-corrected chi connectivity index (χ1v) is 12.2. The van der Waals surface area contributed by atoms with Crippen LogP contribution in [0.1, 0.15) is 25.7 Å². The molecule has 2 aromatic heterocycles. The number of nitrogens with zero attached hydrogens (tertiary/aromatic N) is 2. The van der Waals surface area contributed by atoms with Gasteiger partial charge in [0.1, 0.15) is 11.6 Å². The van der Waals surface area contributed by atoms with Crippen molar-refractivity contribution in [3.8, 4) is 28.1 Å². The van der Waals surface area contributed by atoms with E-state index in [2.05, 4.69) is 27.0 Å². The molecule has 3 N–H and O–H groups in total. The molecule has 1 amide bonds. The molecule has 0 spiro atoms. The first kappa shape index (κ1) is 22.3. The van der Waals surface area contributed by atoms with Crippen LogP contribution in [0.15, 0.2) is 53.2 Å². The maximum atomic E-state index is 12.2. The summed E-state index contributed by atoms with van der Waals surface area (Å²) in [5.41, 5.74) is 3.80. The molecule has 1 fully saturated rings. The van der Waals surface area contributed by atoms with Gasteiger partial charge in [0.15, 0.2) is 0 Å². The lowest BCUT2D eigenvalue weighted by Crippen LogP contribution is -2.38. The van der Waals surface area contributed by atoms with Crippen molar-refractivity contribution in [2.75, 3.05) is 38.0 Å². The molecule has 7 heteroatoms. The molecule has 0 saturated carbocycles. The van der Waals surface area contributed by atoms with Crippen LogP contribution in [0.5, 0.6) is 5.75 Å². The lowest BCUT2D eigenvalue weighted by atomic mass is 10.1. The van der Waals surface area contributed by atoms with Gasteiger partial charge in [-0.3, -0.25) is 4.79 Å². The first-order chi connectivity index (χ1) is 15.7. The Bertz CT molecular complexity index is 1020. The van der Waals surface area contributed by atoms with E-state index in [1.165, 1.54) is 19.3 Å². The molecule has 3 aromatic rings. The number of likely N-dealkylation sites (tertiary alicyclic amines) is 1. The summed E-state index contributed by atoms with van der Waals surface area (Å²) in [5.74, 6) is 0.978. The molecule has 4 rings (SSSR count). The van der Waals surface area contributed by atoms with Crippen molar-refractivity contribution in [2.45, 2.75) is 25.7 Å². The van der Waals surface area contributed by atoms with E-state index in [1.807, 2.05) is 29.6 Å². The molecule has 3 heterocycles. The number of carbonyl (C=O) groups excluding carboxylic acids is 1. The van der Waals surface area contributed by atoms with Gasteiger partial charge in [-0.1, -0.05) is 18.6 Å². The Morgan fingerprint density at radius 2 is 1.91 bits per heavy atom. The van der Waals surface area contributed by atoms with E-state index in [0.717, 1.165) is 42.0 Å². The number of pyridine rings is 1. The Hall–Kier alpha value is -2.90. The van der Waals surface area contributed by atoms with Crippen LogP contribution in [0, 0.1) is 0 Å². The topological polar surface area (TPSA) is 77.5 Å². The summed E-state index contributed by atoms with van der Waals surface area (Å²) in [7, 11) is 0. The second-order valence-corrected chi connectivity index (χ2v) is 8.90. The zero-order chi connectivity index (χ0) is 22.2. The summed E-state index contributed by atoms with van der Waals surface area (Å²) in [6.07, 6.45) is 4.24. The first-order valence-electron chi connectivity index (χ1n) is 11.2. The second-order valence-electron chi connectivity index (χ2n) is 8.12. The van der Waals surface area contributed by atoms with Crippen molar-refractivity contribution in [3.05, 3.63) is 53.2 Å². The fourth-order valence-electron chi connectivity index (χ4n) is 3.96. The van der Waals surface area contributed by atoms with E-state index < -0.39 is 0 Å². The highest BCUT2D eigenvalue weighted by molar-refractivity contribution is 7.08. The summed E-state index contributed by atoms with van der Waals surface area (Å²) in [4.78, 5) is 19.4. The largest absolute Gasteiger partial charge is 0.508 e. The van der Waals surface area contributed by atoms with Gasteiger partial charge in [0.25, 0.3) is 0 Å². The number of amides is 1. The number of phenols is 1. The number of benzene rings is 1. The van der Waals surface area contributed by atoms with Crippen molar-refractivity contribution in [3.63, 3.8) is 0 Å². The van der Waals surface area contributed by atoms with Crippen molar-refractivity contribution in [1.82, 2.24) is 15.2 Å². The van der Waals surface area contributed by atoms with Gasteiger partial charge in [0, 0.05) is 31.6 Å². The summed E-state index contributed by atoms with van der Waals surface area (Å²) >= 11 is 1.65. The number of nitrogens with one attached hydrogen (secondary N) is 2. The highest BCUT2D eigenvalue weighted by Crippen LogP contribution is 2.30. The summed E-state index contributed by atoms with van der Waals surface area (Å²) in [5, 5.41) is 20.3. The van der Waals surface area contributed by atoms with Crippen LogP contribution in [0.2, 0.25) is 0 Å². The van der Waals surface area contributed by atoms with E-state index in [0.29, 0.717) is 25.3 Å². The number of aromatic hydroxyl groups is 1. The Morgan fingerprint density at radius 1 is 1.03 bits per heavy atom. The normalized spacial score (nSPS) is 14.2. The van der Waals surface area contributed by atoms with E-state index in [9.17, 15) is 9.90 Å². The van der Waals surface area contributed by atoms with Crippen LogP contribution < -0.4 is 10.6 Å². The molecule has 168 valence electrons. The van der Waals surface area contributed by atoms with Crippen LogP contribution in [0.4, 0.5) is 5.82 Å². The Labute approximate surface area is 193 Å². The van der Waals surface area contributed by atoms with Crippen molar-refractivity contribution >= 4 is 23.1 Å².